The number of hydrogen-bond acceptors (Lipinski definition) is 2. The molecule has 1 aromatic heterocycles. The number of hydrogen-bond donors (Lipinski definition) is 1. The standard InChI is InChI=1S/C17H22N2O2/c1-13(17(20)21)16-8-6-15(7-9-16)5-3-4-11-19-12-10-18-14(19)2/h6-10,12-13H,3-5,11H2,1-2H3,(H,20,21). The Morgan fingerprint density at radius 2 is 2.00 bits per heavy atom. The maximum atomic E-state index is 10.9. The maximum Gasteiger partial charge on any atom is 0.310 e. The lowest BCUT2D eigenvalue weighted by Gasteiger charge is -2.08. The van der Waals surface area contributed by atoms with Crippen LogP contribution in [0.2, 0.25) is 0 Å². The van der Waals surface area contributed by atoms with Crippen LogP contribution in [0.5, 0.6) is 0 Å². The van der Waals surface area contributed by atoms with Crippen molar-refractivity contribution in [3.05, 3.63) is 53.6 Å². The summed E-state index contributed by atoms with van der Waals surface area (Å²) in [7, 11) is 0. The van der Waals surface area contributed by atoms with Gasteiger partial charge in [-0.15, -0.1) is 0 Å². The molecule has 1 heterocycles. The van der Waals surface area contributed by atoms with Crippen LogP contribution in [-0.2, 0) is 17.8 Å². The van der Waals surface area contributed by atoms with Gasteiger partial charge in [-0.25, -0.2) is 4.98 Å². The number of aryl methyl sites for hydroxylation is 3. The van der Waals surface area contributed by atoms with Crippen molar-refractivity contribution in [1.82, 2.24) is 9.55 Å². The number of carboxylic acids is 1. The van der Waals surface area contributed by atoms with Crippen molar-refractivity contribution in [1.29, 1.82) is 0 Å². The van der Waals surface area contributed by atoms with Crippen molar-refractivity contribution in [3.63, 3.8) is 0 Å². The van der Waals surface area contributed by atoms with E-state index in [9.17, 15) is 4.79 Å². The topological polar surface area (TPSA) is 55.1 Å². The largest absolute Gasteiger partial charge is 0.481 e. The molecule has 0 saturated carbocycles. The van der Waals surface area contributed by atoms with Crippen LogP contribution in [0.3, 0.4) is 0 Å². The number of unbranched alkanes of at least 4 members (excludes halogenated alkanes) is 1. The number of nitrogens with zero attached hydrogens (tertiary/aromatic N) is 2. The highest BCUT2D eigenvalue weighted by molar-refractivity contribution is 5.75. The molecule has 1 aromatic carbocycles. The highest BCUT2D eigenvalue weighted by Crippen LogP contribution is 2.17. The Kier molecular flexibility index (Phi) is 5.14. The fraction of sp³-hybridized carbons (Fsp3) is 0.412. The third-order valence-corrected chi connectivity index (χ3v) is 3.89. The van der Waals surface area contributed by atoms with E-state index in [4.69, 9.17) is 5.11 Å². The fourth-order valence-electron chi connectivity index (χ4n) is 2.37. The van der Waals surface area contributed by atoms with Gasteiger partial charge in [0.15, 0.2) is 0 Å². The molecule has 4 heteroatoms. The predicted octanol–water partition coefficient (Wildman–Crippen LogP) is 3.40. The summed E-state index contributed by atoms with van der Waals surface area (Å²) in [6.45, 7) is 4.73. The Labute approximate surface area is 125 Å². The van der Waals surface area contributed by atoms with Crippen molar-refractivity contribution in [3.8, 4) is 0 Å². The SMILES string of the molecule is Cc1nccn1CCCCc1ccc(C(C)C(=O)O)cc1. The summed E-state index contributed by atoms with van der Waals surface area (Å²) in [5.74, 6) is -0.163. The molecule has 0 amide bonds. The minimum absolute atomic E-state index is 0.441. The molecular weight excluding hydrogens is 264 g/mol. The van der Waals surface area contributed by atoms with E-state index in [0.717, 1.165) is 37.2 Å². The van der Waals surface area contributed by atoms with Gasteiger partial charge in [-0.2, -0.15) is 0 Å². The third-order valence-electron chi connectivity index (χ3n) is 3.89. The summed E-state index contributed by atoms with van der Waals surface area (Å²) >= 11 is 0. The van der Waals surface area contributed by atoms with E-state index in [-0.39, 0.29) is 0 Å². The highest BCUT2D eigenvalue weighted by atomic mass is 16.4. The average molecular weight is 286 g/mol. The molecule has 21 heavy (non-hydrogen) atoms. The zero-order valence-corrected chi connectivity index (χ0v) is 12.6. The molecule has 1 unspecified atom stereocenters. The summed E-state index contributed by atoms with van der Waals surface area (Å²) in [4.78, 5) is 15.1. The Hall–Kier alpha value is -2.10. The molecule has 0 bridgehead atoms. The second-order valence-electron chi connectivity index (χ2n) is 5.43. The Bertz CT molecular complexity index is 587. The Morgan fingerprint density at radius 1 is 1.29 bits per heavy atom. The van der Waals surface area contributed by atoms with Gasteiger partial charge in [0.1, 0.15) is 5.82 Å². The molecule has 0 fully saturated rings. The van der Waals surface area contributed by atoms with Crippen LogP contribution < -0.4 is 0 Å². The van der Waals surface area contributed by atoms with Crippen molar-refractivity contribution < 1.29 is 9.90 Å². The number of rotatable bonds is 7. The van der Waals surface area contributed by atoms with E-state index in [1.165, 1.54) is 5.56 Å². The van der Waals surface area contributed by atoms with Crippen molar-refractivity contribution in [2.75, 3.05) is 0 Å². The number of carboxylic acid groups (broad SMARTS) is 1. The molecular formula is C17H22N2O2. The Balaban J connectivity index is 1.79. The van der Waals surface area contributed by atoms with Gasteiger partial charge < -0.3 is 9.67 Å². The summed E-state index contributed by atoms with van der Waals surface area (Å²) in [5, 5.41) is 8.98. The molecule has 0 aliphatic carbocycles. The third kappa shape index (κ3) is 4.18. The second-order valence-corrected chi connectivity index (χ2v) is 5.43. The lowest BCUT2D eigenvalue weighted by molar-refractivity contribution is -0.138. The normalized spacial score (nSPS) is 12.3. The first-order chi connectivity index (χ1) is 10.1. The van der Waals surface area contributed by atoms with E-state index in [2.05, 4.69) is 9.55 Å². The Morgan fingerprint density at radius 3 is 2.57 bits per heavy atom. The molecule has 0 aliphatic heterocycles. The van der Waals surface area contributed by atoms with E-state index in [1.807, 2.05) is 43.6 Å². The number of carbonyl (C=O) groups is 1. The monoisotopic (exact) mass is 286 g/mol. The van der Waals surface area contributed by atoms with E-state index >= 15 is 0 Å². The molecule has 0 saturated heterocycles. The first-order valence-corrected chi connectivity index (χ1v) is 7.37. The fourth-order valence-corrected chi connectivity index (χ4v) is 2.37. The van der Waals surface area contributed by atoms with E-state index in [0.29, 0.717) is 0 Å². The van der Waals surface area contributed by atoms with Crippen molar-refractivity contribution >= 4 is 5.97 Å². The smallest absolute Gasteiger partial charge is 0.310 e. The van der Waals surface area contributed by atoms with E-state index < -0.39 is 11.9 Å². The zero-order valence-electron chi connectivity index (χ0n) is 12.6. The van der Waals surface area contributed by atoms with Gasteiger partial charge in [0.25, 0.3) is 0 Å². The van der Waals surface area contributed by atoms with Crippen LogP contribution in [0.25, 0.3) is 0 Å². The van der Waals surface area contributed by atoms with Gasteiger partial charge in [0.05, 0.1) is 5.92 Å². The van der Waals surface area contributed by atoms with Gasteiger partial charge in [-0.05, 0) is 44.2 Å². The van der Waals surface area contributed by atoms with Crippen LogP contribution >= 0.6 is 0 Å². The quantitative estimate of drug-likeness (QED) is 0.794. The van der Waals surface area contributed by atoms with Gasteiger partial charge in [-0.3, -0.25) is 4.79 Å². The average Bonchev–Trinajstić information content (AvgIpc) is 2.89. The zero-order chi connectivity index (χ0) is 15.2. The minimum Gasteiger partial charge on any atom is -0.481 e. The highest BCUT2D eigenvalue weighted by Gasteiger charge is 2.12. The van der Waals surface area contributed by atoms with Gasteiger partial charge in [0.2, 0.25) is 0 Å². The van der Waals surface area contributed by atoms with Crippen molar-refractivity contribution in [2.24, 2.45) is 0 Å². The maximum absolute atomic E-state index is 10.9. The second kappa shape index (κ2) is 7.07. The van der Waals surface area contributed by atoms with Gasteiger partial charge in [-0.1, -0.05) is 24.3 Å². The lowest BCUT2D eigenvalue weighted by atomic mass is 9.98. The molecule has 2 rings (SSSR count). The first kappa shape index (κ1) is 15.3. The van der Waals surface area contributed by atoms with Crippen LogP contribution in [-0.4, -0.2) is 20.6 Å². The number of aliphatic carboxylic acids is 1. The van der Waals surface area contributed by atoms with Gasteiger partial charge >= 0.3 is 5.97 Å². The minimum atomic E-state index is -0.779. The van der Waals surface area contributed by atoms with Crippen LogP contribution in [0.1, 0.15) is 42.6 Å². The van der Waals surface area contributed by atoms with Crippen LogP contribution in [0, 0.1) is 6.92 Å². The van der Waals surface area contributed by atoms with Crippen LogP contribution in [0.15, 0.2) is 36.7 Å². The van der Waals surface area contributed by atoms with Gasteiger partial charge in [0, 0.05) is 18.9 Å². The number of aromatic nitrogens is 2. The number of imidazole rings is 1. The summed E-state index contributed by atoms with van der Waals surface area (Å²) in [5.41, 5.74) is 2.12. The number of benzene rings is 1. The summed E-state index contributed by atoms with van der Waals surface area (Å²) < 4.78 is 2.16. The van der Waals surface area contributed by atoms with Crippen LogP contribution in [0.4, 0.5) is 0 Å². The summed E-state index contributed by atoms with van der Waals surface area (Å²) in [6.07, 6.45) is 7.10. The molecule has 2 aromatic rings. The van der Waals surface area contributed by atoms with Crippen molar-refractivity contribution in [2.45, 2.75) is 45.6 Å². The molecule has 112 valence electrons. The molecule has 1 atom stereocenters. The molecule has 1 N–H and O–H groups in total. The molecule has 0 spiro atoms. The summed E-state index contributed by atoms with van der Waals surface area (Å²) in [6, 6.07) is 7.93. The molecule has 4 nitrogen and oxygen atoms in total. The predicted molar refractivity (Wildman–Crippen MR) is 82.4 cm³/mol. The van der Waals surface area contributed by atoms with E-state index in [1.54, 1.807) is 6.92 Å². The first-order valence-electron chi connectivity index (χ1n) is 7.37. The molecule has 0 radical (unpaired) electrons. The molecule has 0 aliphatic rings. The lowest BCUT2D eigenvalue weighted by Crippen LogP contribution is -2.07.